The zero-order valence-corrected chi connectivity index (χ0v) is 11.0. The SMILES string of the molecule is O=C=NC1(c2ccc3oc(C(F)(F)F)cc3c2)CCCC1. The van der Waals surface area contributed by atoms with Gasteiger partial charge in [0.1, 0.15) is 5.58 Å². The van der Waals surface area contributed by atoms with Crippen molar-refractivity contribution in [1.82, 2.24) is 0 Å². The third-order valence-corrected chi connectivity index (χ3v) is 4.02. The number of isocyanates is 1. The molecule has 0 saturated heterocycles. The summed E-state index contributed by atoms with van der Waals surface area (Å²) in [5.41, 5.74) is 0.269. The van der Waals surface area contributed by atoms with E-state index >= 15 is 0 Å². The second-order valence-electron chi connectivity index (χ2n) is 5.30. The molecule has 1 aliphatic carbocycles. The molecule has 21 heavy (non-hydrogen) atoms. The highest BCUT2D eigenvalue weighted by Gasteiger charge is 2.37. The molecule has 0 amide bonds. The first-order valence-corrected chi connectivity index (χ1v) is 6.65. The molecule has 3 nitrogen and oxygen atoms in total. The van der Waals surface area contributed by atoms with Gasteiger partial charge in [0, 0.05) is 5.39 Å². The Morgan fingerprint density at radius 2 is 1.90 bits per heavy atom. The van der Waals surface area contributed by atoms with Gasteiger partial charge in [-0.25, -0.2) is 4.79 Å². The molecule has 0 N–H and O–H groups in total. The average molecular weight is 295 g/mol. The molecule has 1 fully saturated rings. The summed E-state index contributed by atoms with van der Waals surface area (Å²) < 4.78 is 42.8. The molecule has 1 aliphatic rings. The molecule has 0 spiro atoms. The van der Waals surface area contributed by atoms with Crippen LogP contribution < -0.4 is 0 Å². The van der Waals surface area contributed by atoms with E-state index in [2.05, 4.69) is 4.99 Å². The molecule has 1 heterocycles. The molecule has 6 heteroatoms. The number of aliphatic imine (C=N–C) groups is 1. The predicted molar refractivity (Wildman–Crippen MR) is 69.5 cm³/mol. The normalized spacial score (nSPS) is 17.9. The molecule has 0 unspecified atom stereocenters. The molecule has 110 valence electrons. The van der Waals surface area contributed by atoms with E-state index in [-0.39, 0.29) is 5.58 Å². The molecule has 3 rings (SSSR count). The van der Waals surface area contributed by atoms with Crippen molar-refractivity contribution in [1.29, 1.82) is 0 Å². The number of carbonyl (C=O) groups excluding carboxylic acids is 1. The van der Waals surface area contributed by atoms with Crippen molar-refractivity contribution >= 4 is 17.0 Å². The summed E-state index contributed by atoms with van der Waals surface area (Å²) in [6.07, 6.45) is 0.367. The third kappa shape index (κ3) is 2.36. The maximum absolute atomic E-state index is 12.7. The number of halogens is 3. The van der Waals surface area contributed by atoms with E-state index < -0.39 is 17.5 Å². The minimum atomic E-state index is -4.51. The van der Waals surface area contributed by atoms with E-state index in [0.717, 1.165) is 24.5 Å². The number of furan rings is 1. The number of benzene rings is 1. The first-order chi connectivity index (χ1) is 9.94. The van der Waals surface area contributed by atoms with E-state index in [1.807, 2.05) is 0 Å². The van der Waals surface area contributed by atoms with Gasteiger partial charge in [-0.1, -0.05) is 18.9 Å². The van der Waals surface area contributed by atoms with E-state index in [4.69, 9.17) is 4.42 Å². The van der Waals surface area contributed by atoms with Gasteiger partial charge in [0.15, 0.2) is 0 Å². The van der Waals surface area contributed by atoms with Crippen molar-refractivity contribution in [3.8, 4) is 0 Å². The van der Waals surface area contributed by atoms with Crippen molar-refractivity contribution in [2.24, 2.45) is 4.99 Å². The largest absolute Gasteiger partial charge is 0.452 e. The first kappa shape index (κ1) is 13.9. The summed E-state index contributed by atoms with van der Waals surface area (Å²) in [6, 6.07) is 5.78. The van der Waals surface area contributed by atoms with Crippen molar-refractivity contribution in [2.75, 3.05) is 0 Å². The van der Waals surface area contributed by atoms with Crippen molar-refractivity contribution in [3.63, 3.8) is 0 Å². The Morgan fingerprint density at radius 3 is 2.52 bits per heavy atom. The van der Waals surface area contributed by atoms with Crippen molar-refractivity contribution < 1.29 is 22.4 Å². The Hall–Kier alpha value is -2.07. The zero-order chi connectivity index (χ0) is 15.1. The molecule has 0 atom stereocenters. The summed E-state index contributed by atoms with van der Waals surface area (Å²) in [5, 5.41) is 0.368. The van der Waals surface area contributed by atoms with Crippen LogP contribution >= 0.6 is 0 Å². The lowest BCUT2D eigenvalue weighted by Crippen LogP contribution is -2.18. The monoisotopic (exact) mass is 295 g/mol. The van der Waals surface area contributed by atoms with Crippen LogP contribution in [0.25, 0.3) is 11.0 Å². The van der Waals surface area contributed by atoms with Gasteiger partial charge in [0.05, 0.1) is 5.54 Å². The molecular formula is C15H12F3NO2. The number of hydrogen-bond acceptors (Lipinski definition) is 3. The van der Waals surface area contributed by atoms with E-state index in [1.54, 1.807) is 18.2 Å². The number of hydrogen-bond donors (Lipinski definition) is 0. The summed E-state index contributed by atoms with van der Waals surface area (Å²) in [4.78, 5) is 14.6. The molecule has 0 aliphatic heterocycles. The summed E-state index contributed by atoms with van der Waals surface area (Å²) in [7, 11) is 0. The molecular weight excluding hydrogens is 283 g/mol. The number of rotatable bonds is 2. The Bertz CT molecular complexity index is 720. The van der Waals surface area contributed by atoms with Gasteiger partial charge < -0.3 is 4.42 Å². The van der Waals surface area contributed by atoms with E-state index in [0.29, 0.717) is 18.2 Å². The van der Waals surface area contributed by atoms with Crippen LogP contribution in [-0.4, -0.2) is 6.08 Å². The lowest BCUT2D eigenvalue weighted by molar-refractivity contribution is -0.152. The van der Waals surface area contributed by atoms with Gasteiger partial charge in [0.2, 0.25) is 11.8 Å². The topological polar surface area (TPSA) is 42.6 Å². The van der Waals surface area contributed by atoms with E-state index in [1.165, 1.54) is 6.07 Å². The van der Waals surface area contributed by atoms with Crippen LogP contribution in [0.3, 0.4) is 0 Å². The van der Waals surface area contributed by atoms with Crippen LogP contribution in [0.2, 0.25) is 0 Å². The highest BCUT2D eigenvalue weighted by molar-refractivity contribution is 5.79. The van der Waals surface area contributed by atoms with Gasteiger partial charge in [-0.3, -0.25) is 0 Å². The molecule has 0 radical (unpaired) electrons. The fraction of sp³-hybridized carbons (Fsp3) is 0.400. The number of alkyl halides is 3. The van der Waals surface area contributed by atoms with Gasteiger partial charge in [-0.2, -0.15) is 18.2 Å². The molecule has 2 aromatic rings. The van der Waals surface area contributed by atoms with Gasteiger partial charge in [0.25, 0.3) is 0 Å². The van der Waals surface area contributed by atoms with Crippen LogP contribution in [0.4, 0.5) is 13.2 Å². The van der Waals surface area contributed by atoms with Crippen LogP contribution in [0.1, 0.15) is 37.0 Å². The Balaban J connectivity index is 2.10. The maximum atomic E-state index is 12.7. The molecule has 1 saturated carbocycles. The minimum absolute atomic E-state index is 0.175. The molecule has 1 aromatic carbocycles. The van der Waals surface area contributed by atoms with Crippen LogP contribution in [0, 0.1) is 0 Å². The standard InChI is InChI=1S/C15H12F3NO2/c16-15(17,18)13-8-10-7-11(3-4-12(10)21-13)14(19-9-20)5-1-2-6-14/h3-4,7-8H,1-2,5-6H2. The Labute approximate surface area is 118 Å². The third-order valence-electron chi connectivity index (χ3n) is 4.02. The Morgan fingerprint density at radius 1 is 1.19 bits per heavy atom. The highest BCUT2D eigenvalue weighted by atomic mass is 19.4. The predicted octanol–water partition coefficient (Wildman–Crippen LogP) is 4.56. The minimum Gasteiger partial charge on any atom is -0.452 e. The second-order valence-corrected chi connectivity index (χ2v) is 5.30. The molecule has 1 aromatic heterocycles. The molecule has 0 bridgehead atoms. The van der Waals surface area contributed by atoms with E-state index in [9.17, 15) is 18.0 Å². The second kappa shape index (κ2) is 4.74. The van der Waals surface area contributed by atoms with Crippen LogP contribution in [-0.2, 0) is 16.5 Å². The average Bonchev–Trinajstić information content (AvgIpc) is 3.04. The fourth-order valence-electron chi connectivity index (χ4n) is 2.98. The number of fused-ring (bicyclic) bond motifs is 1. The summed E-state index contributed by atoms with van der Waals surface area (Å²) in [6.45, 7) is 0. The first-order valence-electron chi connectivity index (χ1n) is 6.65. The van der Waals surface area contributed by atoms with Crippen LogP contribution in [0.5, 0.6) is 0 Å². The van der Waals surface area contributed by atoms with Gasteiger partial charge in [-0.15, -0.1) is 0 Å². The summed E-state index contributed by atoms with van der Waals surface area (Å²) >= 11 is 0. The van der Waals surface area contributed by atoms with Crippen LogP contribution in [0.15, 0.2) is 33.7 Å². The summed E-state index contributed by atoms with van der Waals surface area (Å²) in [5.74, 6) is -1.02. The lowest BCUT2D eigenvalue weighted by atomic mass is 9.88. The van der Waals surface area contributed by atoms with Crippen molar-refractivity contribution in [2.45, 2.75) is 37.4 Å². The van der Waals surface area contributed by atoms with Gasteiger partial charge >= 0.3 is 6.18 Å². The zero-order valence-electron chi connectivity index (χ0n) is 11.0. The maximum Gasteiger partial charge on any atom is 0.449 e. The van der Waals surface area contributed by atoms with Crippen molar-refractivity contribution in [3.05, 3.63) is 35.6 Å². The van der Waals surface area contributed by atoms with Gasteiger partial charge in [-0.05, 0) is 36.6 Å². The Kier molecular flexibility index (Phi) is 3.14. The smallest absolute Gasteiger partial charge is 0.449 e. The highest BCUT2D eigenvalue weighted by Crippen LogP contribution is 2.43. The quantitative estimate of drug-likeness (QED) is 0.602. The fourth-order valence-corrected chi connectivity index (χ4v) is 2.98. The number of nitrogens with zero attached hydrogens (tertiary/aromatic N) is 1. The lowest BCUT2D eigenvalue weighted by Gasteiger charge is -2.22.